The average molecular weight is 1240 g/mol. The minimum absolute atomic E-state index is 0. The standard InChI is InChI=1S/3C21H19NO2.9C2H6.CH4/c1-3-9-18(10-4-1)22(19-11-5-2-6-12-19)20-13-7-8-17(16-20)21-23-14-15-24-21;1-3-9-17(10-4-1)22(18-11-5-2-6-12-18)20-14-8-7-13-19(20)21-23-15-16-24-21;1-3-7-18(8-4-1)22(19-9-5-2-6-10-19)20-13-11-17(12-14-20)21-23-15-16-24-21;9*1-2;/h1-13,16,21H,14-15H2;2*1-14,21H,15-16H2;9*1-2H3;1H4. The van der Waals surface area contributed by atoms with E-state index in [0.717, 1.165) is 67.9 Å². The number of hydrogen-bond acceptors (Lipinski definition) is 9. The van der Waals surface area contributed by atoms with Crippen molar-refractivity contribution >= 4 is 51.2 Å². The van der Waals surface area contributed by atoms with Crippen LogP contribution in [0.25, 0.3) is 0 Å². The molecule has 0 N–H and O–H groups in total. The number of para-hydroxylation sites is 7. The maximum absolute atomic E-state index is 5.75. The molecule has 0 bridgehead atoms. The lowest BCUT2D eigenvalue weighted by Gasteiger charge is -2.28. The van der Waals surface area contributed by atoms with Crippen molar-refractivity contribution in [2.45, 2.75) is 151 Å². The zero-order valence-corrected chi connectivity index (χ0v) is 58.0. The van der Waals surface area contributed by atoms with Crippen molar-refractivity contribution in [1.29, 1.82) is 0 Å². The van der Waals surface area contributed by atoms with E-state index in [0.29, 0.717) is 39.6 Å². The Labute approximate surface area is 553 Å². The normalized spacial score (nSPS) is 12.2. The number of benzene rings is 9. The molecule has 0 spiro atoms. The molecule has 12 rings (SSSR count). The Morgan fingerprint density at radius 3 is 0.791 bits per heavy atom. The average Bonchev–Trinajstić information content (AvgIpc) is 1.93. The van der Waals surface area contributed by atoms with Crippen LogP contribution < -0.4 is 14.7 Å². The lowest BCUT2D eigenvalue weighted by Crippen LogP contribution is -2.13. The number of ether oxygens (including phenoxy) is 6. The van der Waals surface area contributed by atoms with Crippen LogP contribution in [0.4, 0.5) is 51.2 Å². The van der Waals surface area contributed by atoms with Gasteiger partial charge in [0.25, 0.3) is 0 Å². The molecule has 3 fully saturated rings. The van der Waals surface area contributed by atoms with Gasteiger partial charge in [0, 0.05) is 62.2 Å². The van der Waals surface area contributed by atoms with Crippen molar-refractivity contribution in [3.8, 4) is 0 Å². The monoisotopic (exact) mass is 1240 g/mol. The van der Waals surface area contributed by atoms with Crippen LogP contribution in [0.2, 0.25) is 0 Å². The zero-order valence-electron chi connectivity index (χ0n) is 58.0. The zero-order chi connectivity index (χ0) is 66.6. The summed E-state index contributed by atoms with van der Waals surface area (Å²) in [6, 6.07) is 87.2. The van der Waals surface area contributed by atoms with Crippen LogP contribution in [0.1, 0.15) is 168 Å². The van der Waals surface area contributed by atoms with Gasteiger partial charge in [0.1, 0.15) is 0 Å². The van der Waals surface area contributed by atoms with Crippen LogP contribution >= 0.6 is 0 Å². The molecule has 0 saturated carbocycles. The van der Waals surface area contributed by atoms with E-state index >= 15 is 0 Å². The highest BCUT2D eigenvalue weighted by atomic mass is 16.7. The molecule has 3 saturated heterocycles. The molecule has 0 unspecified atom stereocenters. The van der Waals surface area contributed by atoms with Crippen molar-refractivity contribution in [2.24, 2.45) is 0 Å². The van der Waals surface area contributed by atoms with E-state index in [9.17, 15) is 0 Å². The van der Waals surface area contributed by atoms with E-state index in [4.69, 9.17) is 28.4 Å². The number of anilines is 9. The highest BCUT2D eigenvalue weighted by molar-refractivity contribution is 5.80. The van der Waals surface area contributed by atoms with Gasteiger partial charge in [-0.3, -0.25) is 0 Å². The summed E-state index contributed by atoms with van der Waals surface area (Å²) in [7, 11) is 0. The molecule has 494 valence electrons. The Morgan fingerprint density at radius 1 is 0.220 bits per heavy atom. The first kappa shape index (κ1) is 83.1. The predicted octanol–water partition coefficient (Wildman–Crippen LogP) is 25.5. The van der Waals surface area contributed by atoms with E-state index < -0.39 is 0 Å². The summed E-state index contributed by atoms with van der Waals surface area (Å²) in [5.74, 6) is 0. The number of hydrogen-bond donors (Lipinski definition) is 0. The maximum Gasteiger partial charge on any atom is 0.186 e. The summed E-state index contributed by atoms with van der Waals surface area (Å²) >= 11 is 0. The maximum atomic E-state index is 5.75. The van der Waals surface area contributed by atoms with Crippen molar-refractivity contribution in [3.63, 3.8) is 0 Å². The molecule has 9 heteroatoms. The van der Waals surface area contributed by atoms with Gasteiger partial charge in [0.05, 0.1) is 45.3 Å². The number of nitrogens with zero attached hydrogens (tertiary/aromatic N) is 3. The molecule has 0 radical (unpaired) electrons. The first-order valence-corrected chi connectivity index (χ1v) is 33.5. The third kappa shape index (κ3) is 26.9. The largest absolute Gasteiger partial charge is 0.346 e. The summed E-state index contributed by atoms with van der Waals surface area (Å²) in [4.78, 5) is 6.71. The summed E-state index contributed by atoms with van der Waals surface area (Å²) in [5, 5.41) is 0. The topological polar surface area (TPSA) is 65.1 Å². The smallest absolute Gasteiger partial charge is 0.186 e. The van der Waals surface area contributed by atoms with Crippen molar-refractivity contribution in [3.05, 3.63) is 271 Å². The Bertz CT molecular complexity index is 2880. The van der Waals surface area contributed by atoms with Crippen molar-refractivity contribution < 1.29 is 28.4 Å². The molecule has 0 aliphatic carbocycles. The van der Waals surface area contributed by atoms with Crippen LogP contribution in [0.15, 0.2) is 255 Å². The fraction of sp³-hybridized carbons (Fsp3) is 0.341. The van der Waals surface area contributed by atoms with Gasteiger partial charge in [-0.2, -0.15) is 0 Å². The van der Waals surface area contributed by atoms with Gasteiger partial charge in [-0.05, 0) is 103 Å². The van der Waals surface area contributed by atoms with Crippen molar-refractivity contribution in [1.82, 2.24) is 0 Å². The van der Waals surface area contributed by atoms with Gasteiger partial charge in [-0.25, -0.2) is 0 Å². The molecule has 3 heterocycles. The van der Waals surface area contributed by atoms with Crippen molar-refractivity contribution in [2.75, 3.05) is 54.3 Å². The van der Waals surface area contributed by atoms with E-state index in [2.05, 4.69) is 215 Å². The summed E-state index contributed by atoms with van der Waals surface area (Å²) in [5.41, 5.74) is 13.1. The fourth-order valence-electron chi connectivity index (χ4n) is 8.91. The first-order chi connectivity index (χ1) is 44.8. The SMILES string of the molecule is C.CC.CC.CC.CC.CC.CC.CC.CC.CC.c1ccc(N(c2ccccc2)c2ccc(C3OCCO3)cc2)cc1.c1ccc(N(c2ccccc2)c2cccc(C3OCCO3)c2)cc1.c1ccc(N(c2ccccc2)c2ccccc2C2OCCO2)cc1. The lowest BCUT2D eigenvalue weighted by molar-refractivity contribution is -0.0442. The molecule has 3 aliphatic rings. The van der Waals surface area contributed by atoms with Gasteiger partial charge < -0.3 is 43.1 Å². The number of rotatable bonds is 12. The predicted molar refractivity (Wildman–Crippen MR) is 396 cm³/mol. The molecule has 0 aromatic heterocycles. The van der Waals surface area contributed by atoms with Gasteiger partial charge in [-0.1, -0.05) is 284 Å². The quantitative estimate of drug-likeness (QED) is 0.119. The van der Waals surface area contributed by atoms with Gasteiger partial charge in [0.2, 0.25) is 0 Å². The lowest BCUT2D eigenvalue weighted by atomic mass is 10.1. The van der Waals surface area contributed by atoms with Gasteiger partial charge in [0.15, 0.2) is 18.9 Å². The highest BCUT2D eigenvalue weighted by Crippen LogP contribution is 2.41. The van der Waals surface area contributed by atoms with Crippen LogP contribution in [0, 0.1) is 0 Å². The molecular weight excluding hydrogens is 1120 g/mol. The van der Waals surface area contributed by atoms with E-state index in [1.54, 1.807) is 0 Å². The van der Waals surface area contributed by atoms with E-state index in [1.807, 2.05) is 179 Å². The second-order valence-electron chi connectivity index (χ2n) is 17.0. The van der Waals surface area contributed by atoms with Gasteiger partial charge in [-0.15, -0.1) is 0 Å². The van der Waals surface area contributed by atoms with E-state index in [-0.39, 0.29) is 26.3 Å². The van der Waals surface area contributed by atoms with Crippen LogP contribution in [0.3, 0.4) is 0 Å². The fourth-order valence-corrected chi connectivity index (χ4v) is 8.91. The molecule has 0 amide bonds. The molecule has 3 aliphatic heterocycles. The molecule has 9 aromatic rings. The first-order valence-electron chi connectivity index (χ1n) is 33.5. The Hall–Kier alpha value is -7.86. The minimum Gasteiger partial charge on any atom is -0.346 e. The molecule has 9 nitrogen and oxygen atoms in total. The highest BCUT2D eigenvalue weighted by Gasteiger charge is 2.26. The summed E-state index contributed by atoms with van der Waals surface area (Å²) in [6.07, 6.45) is -0.810. The van der Waals surface area contributed by atoms with Crippen LogP contribution in [0.5, 0.6) is 0 Å². The third-order valence-corrected chi connectivity index (χ3v) is 12.2. The second-order valence-corrected chi connectivity index (χ2v) is 17.0. The summed E-state index contributed by atoms with van der Waals surface area (Å²) < 4.78 is 33.9. The summed E-state index contributed by atoms with van der Waals surface area (Å²) in [6.45, 7) is 39.9. The van der Waals surface area contributed by atoms with Crippen LogP contribution in [-0.4, -0.2) is 39.6 Å². The second kappa shape index (κ2) is 53.9. The Balaban J connectivity index is 0.00000118. The third-order valence-electron chi connectivity index (χ3n) is 12.2. The van der Waals surface area contributed by atoms with Crippen LogP contribution in [-0.2, 0) is 28.4 Å². The minimum atomic E-state index is -0.309. The molecule has 91 heavy (non-hydrogen) atoms. The van der Waals surface area contributed by atoms with E-state index in [1.165, 1.54) is 0 Å². The molecule has 0 atom stereocenters. The Morgan fingerprint density at radius 2 is 0.462 bits per heavy atom. The molecule has 9 aromatic carbocycles. The van der Waals surface area contributed by atoms with Gasteiger partial charge >= 0.3 is 0 Å². The molecular formula is C82H115N3O6. The Kier molecular flexibility index (Phi) is 49.3.